The van der Waals surface area contributed by atoms with Crippen LogP contribution in [0.2, 0.25) is 23.2 Å². The van der Waals surface area contributed by atoms with Crippen LogP contribution >= 0.6 is 11.6 Å². The number of rotatable bonds is 7. The van der Waals surface area contributed by atoms with Crippen molar-refractivity contribution in [1.29, 1.82) is 0 Å². The van der Waals surface area contributed by atoms with Gasteiger partial charge in [-0.05, 0) is 70.7 Å². The first-order valence-electron chi connectivity index (χ1n) is 14.6. The van der Waals surface area contributed by atoms with Crippen LogP contribution in [0.15, 0.2) is 53.8 Å². The van der Waals surface area contributed by atoms with Crippen molar-refractivity contribution in [3.8, 4) is 28.1 Å². The zero-order chi connectivity index (χ0) is 32.3. The van der Waals surface area contributed by atoms with Crippen LogP contribution in [-0.4, -0.2) is 48.0 Å². The smallest absolute Gasteiger partial charge is 0.252 e. The van der Waals surface area contributed by atoms with Crippen LogP contribution in [0.25, 0.3) is 28.1 Å². The van der Waals surface area contributed by atoms with Crippen molar-refractivity contribution in [2.75, 3.05) is 0 Å². The lowest BCUT2D eigenvalue weighted by molar-refractivity contribution is 0.266. The van der Waals surface area contributed by atoms with Crippen LogP contribution in [0.1, 0.15) is 63.3 Å². The minimum Gasteiger partial charge on any atom is -0.411 e. The highest BCUT2D eigenvalue weighted by atomic mass is 35.5. The molecule has 5 heterocycles. The van der Waals surface area contributed by atoms with Crippen LogP contribution in [-0.2, 0) is 11.0 Å². The van der Waals surface area contributed by atoms with E-state index in [9.17, 15) is 4.79 Å². The number of H-pyrrole nitrogens is 1. The number of nitrogens with one attached hydrogen (secondary N) is 1. The molecule has 0 saturated heterocycles. The zero-order valence-electron chi connectivity index (χ0n) is 25.8. The maximum Gasteiger partial charge on any atom is 0.252 e. The third kappa shape index (κ3) is 5.53. The molecule has 0 amide bonds. The molecule has 5 aromatic rings. The number of hydrogen-bond acceptors (Lipinski definition) is 7. The Labute approximate surface area is 264 Å². The van der Waals surface area contributed by atoms with Gasteiger partial charge in [0.15, 0.2) is 20.0 Å². The van der Waals surface area contributed by atoms with Crippen molar-refractivity contribution < 1.29 is 13.2 Å². The van der Waals surface area contributed by atoms with Gasteiger partial charge in [-0.1, -0.05) is 39.3 Å². The summed E-state index contributed by atoms with van der Waals surface area (Å²) in [5.41, 5.74) is 2.21. The van der Waals surface area contributed by atoms with E-state index in [2.05, 4.69) is 64.3 Å². The van der Waals surface area contributed by atoms with Gasteiger partial charge in [-0.15, -0.1) is 5.10 Å². The van der Waals surface area contributed by atoms with Gasteiger partial charge in [0.1, 0.15) is 17.8 Å². The standard InChI is InChI=1S/C31H33ClF2N8O2Si/c1-17-11-25(30-36-14-21(38-30)19-9-10-35-22(28(19)33)15-44-45(5,6)31(2,3)4)42-24(17)12-18(13-26(42)43)27-23(41-16-37-39-40-41)8-7-20(32)29(27)34/h7-10,12-14,16-17,25H,11,15H2,1-6H3,(H,36,38). The molecule has 0 radical (unpaired) electrons. The summed E-state index contributed by atoms with van der Waals surface area (Å²) in [7, 11) is -2.11. The highest BCUT2D eigenvalue weighted by molar-refractivity contribution is 6.74. The third-order valence-corrected chi connectivity index (χ3v) is 13.8. The predicted molar refractivity (Wildman–Crippen MR) is 169 cm³/mol. The number of benzene rings is 1. The lowest BCUT2D eigenvalue weighted by Crippen LogP contribution is -2.40. The number of fused-ring (bicyclic) bond motifs is 1. The van der Waals surface area contributed by atoms with Crippen LogP contribution in [0.3, 0.4) is 0 Å². The summed E-state index contributed by atoms with van der Waals surface area (Å²) in [6, 6.07) is 7.34. The largest absolute Gasteiger partial charge is 0.411 e. The molecular formula is C31H33ClF2N8O2Si. The van der Waals surface area contributed by atoms with Gasteiger partial charge in [-0.25, -0.2) is 13.8 Å². The summed E-state index contributed by atoms with van der Waals surface area (Å²) >= 11 is 6.15. The number of tetrazole rings is 1. The number of halogens is 3. The van der Waals surface area contributed by atoms with Crippen LogP contribution in [0.4, 0.5) is 8.78 Å². The second-order valence-electron chi connectivity index (χ2n) is 12.9. The number of imidazole rings is 1. The first-order valence-corrected chi connectivity index (χ1v) is 17.9. The minimum atomic E-state index is -2.11. The molecule has 0 saturated carbocycles. The topological polar surface area (TPSA) is 116 Å². The molecule has 1 aliphatic heterocycles. The van der Waals surface area contributed by atoms with E-state index in [-0.39, 0.29) is 39.4 Å². The summed E-state index contributed by atoms with van der Waals surface area (Å²) in [4.78, 5) is 25.7. The molecule has 10 nitrogen and oxygen atoms in total. The van der Waals surface area contributed by atoms with Crippen LogP contribution in [0.5, 0.6) is 0 Å². The quantitative estimate of drug-likeness (QED) is 0.192. The molecular weight excluding hydrogens is 618 g/mol. The van der Waals surface area contributed by atoms with E-state index >= 15 is 8.78 Å². The zero-order valence-corrected chi connectivity index (χ0v) is 27.5. The lowest BCUT2D eigenvalue weighted by Gasteiger charge is -2.36. The normalized spacial score (nSPS) is 16.7. The minimum absolute atomic E-state index is 0.0216. The number of nitrogens with zero attached hydrogens (tertiary/aromatic N) is 7. The molecule has 0 bridgehead atoms. The van der Waals surface area contributed by atoms with E-state index in [1.165, 1.54) is 23.1 Å². The second-order valence-corrected chi connectivity index (χ2v) is 18.1. The van der Waals surface area contributed by atoms with Gasteiger partial charge in [0.25, 0.3) is 5.56 Å². The van der Waals surface area contributed by atoms with Crippen molar-refractivity contribution in [3.05, 3.63) is 93.3 Å². The van der Waals surface area contributed by atoms with Gasteiger partial charge in [0.2, 0.25) is 0 Å². The van der Waals surface area contributed by atoms with Gasteiger partial charge in [-0.2, -0.15) is 4.68 Å². The Balaban J connectivity index is 1.33. The second kappa shape index (κ2) is 11.4. The molecule has 6 rings (SSSR count). The van der Waals surface area contributed by atoms with Gasteiger partial charge in [0, 0.05) is 29.1 Å². The maximum absolute atomic E-state index is 15.7. The number of aromatic nitrogens is 8. The highest BCUT2D eigenvalue weighted by Crippen LogP contribution is 2.41. The molecule has 234 valence electrons. The fraction of sp³-hybridized carbons (Fsp3) is 0.355. The third-order valence-electron chi connectivity index (χ3n) is 8.99. The summed E-state index contributed by atoms with van der Waals surface area (Å²) in [5.74, 6) is -0.702. The molecule has 0 aliphatic carbocycles. The van der Waals surface area contributed by atoms with Crippen molar-refractivity contribution in [3.63, 3.8) is 0 Å². The lowest BCUT2D eigenvalue weighted by atomic mass is 9.99. The van der Waals surface area contributed by atoms with Gasteiger partial charge >= 0.3 is 0 Å². The van der Waals surface area contributed by atoms with E-state index in [1.54, 1.807) is 35.2 Å². The van der Waals surface area contributed by atoms with Gasteiger partial charge < -0.3 is 14.0 Å². The SMILES string of the molecule is CC1CC(c2ncc(-c3ccnc(CO[Si](C)(C)C(C)(C)C)c3F)[nH]2)n2c1cc(-c1c(-n3cnnn3)ccc(Cl)c1F)cc2=O. The summed E-state index contributed by atoms with van der Waals surface area (Å²) in [6.45, 7) is 12.7. The summed E-state index contributed by atoms with van der Waals surface area (Å²) in [6.07, 6.45) is 5.03. The van der Waals surface area contributed by atoms with Gasteiger partial charge in [0.05, 0.1) is 35.2 Å². The van der Waals surface area contributed by atoms with Crippen molar-refractivity contribution >= 4 is 19.9 Å². The van der Waals surface area contributed by atoms with Crippen molar-refractivity contribution in [2.24, 2.45) is 0 Å². The number of hydrogen-bond donors (Lipinski definition) is 1. The number of aromatic amines is 1. The van der Waals surface area contributed by atoms with Crippen molar-refractivity contribution in [1.82, 2.24) is 39.7 Å². The molecule has 2 atom stereocenters. The fourth-order valence-corrected chi connectivity index (χ4v) is 6.52. The van der Waals surface area contributed by atoms with E-state index in [0.29, 0.717) is 40.4 Å². The van der Waals surface area contributed by atoms with Crippen LogP contribution in [0, 0.1) is 11.6 Å². The molecule has 45 heavy (non-hydrogen) atoms. The average Bonchev–Trinajstić information content (AvgIpc) is 3.74. The highest BCUT2D eigenvalue weighted by Gasteiger charge is 2.38. The maximum atomic E-state index is 15.7. The number of pyridine rings is 2. The summed E-state index contributed by atoms with van der Waals surface area (Å²) < 4.78 is 40.4. The molecule has 14 heteroatoms. The van der Waals surface area contributed by atoms with E-state index in [4.69, 9.17) is 16.0 Å². The average molecular weight is 651 g/mol. The first kappa shape index (κ1) is 30.9. The summed E-state index contributed by atoms with van der Waals surface area (Å²) in [5, 5.41) is 11.1. The van der Waals surface area contributed by atoms with E-state index in [0.717, 1.165) is 0 Å². The Morgan fingerprint density at radius 2 is 1.91 bits per heavy atom. The van der Waals surface area contributed by atoms with Gasteiger partial charge in [-0.3, -0.25) is 9.78 Å². The molecule has 1 aromatic carbocycles. The predicted octanol–water partition coefficient (Wildman–Crippen LogP) is 6.83. The first-order chi connectivity index (χ1) is 21.3. The van der Waals surface area contributed by atoms with E-state index < -0.39 is 26.0 Å². The Bertz CT molecular complexity index is 1950. The molecule has 0 spiro atoms. The Kier molecular flexibility index (Phi) is 7.82. The molecule has 4 aromatic heterocycles. The molecule has 1 N–H and O–H groups in total. The molecule has 0 fully saturated rings. The fourth-order valence-electron chi connectivity index (χ4n) is 5.43. The Morgan fingerprint density at radius 3 is 2.62 bits per heavy atom. The Morgan fingerprint density at radius 1 is 1.13 bits per heavy atom. The monoisotopic (exact) mass is 650 g/mol. The van der Waals surface area contributed by atoms with E-state index in [1.807, 2.05) is 6.92 Å². The Hall–Kier alpha value is -4.07. The van der Waals surface area contributed by atoms with Crippen LogP contribution < -0.4 is 5.56 Å². The molecule has 1 aliphatic rings. The molecule has 2 unspecified atom stereocenters. The van der Waals surface area contributed by atoms with Crippen molar-refractivity contribution in [2.45, 2.75) is 70.8 Å².